The highest BCUT2D eigenvalue weighted by atomic mass is 32.2. The van der Waals surface area contributed by atoms with E-state index in [1.165, 1.54) is 20.2 Å². The standard InChI is InChI=1S/C19H27N3O4S/c1-21(2)27(25,26)17-10-6-3-7-14(17)12-20-19(24)15-11-18(23)22(13-15)16-8-4-5-9-16/h3,6-7,10,15-16H,4-5,8-9,11-13H2,1-2H3,(H,20,24)/t15-/m0/s1. The van der Waals surface area contributed by atoms with E-state index in [2.05, 4.69) is 5.32 Å². The molecule has 1 N–H and O–H groups in total. The highest BCUT2D eigenvalue weighted by Crippen LogP contribution is 2.29. The minimum absolute atomic E-state index is 0.0534. The molecule has 0 aromatic heterocycles. The Bertz CT molecular complexity index is 816. The number of carbonyl (C=O) groups is 2. The van der Waals surface area contributed by atoms with Crippen LogP contribution in [0, 0.1) is 5.92 Å². The molecule has 0 unspecified atom stereocenters. The zero-order chi connectivity index (χ0) is 19.6. The molecule has 0 spiro atoms. The normalized spacial score (nSPS) is 21.2. The number of nitrogens with zero attached hydrogens (tertiary/aromatic N) is 2. The van der Waals surface area contributed by atoms with Gasteiger partial charge in [-0.3, -0.25) is 9.59 Å². The van der Waals surface area contributed by atoms with Crippen LogP contribution in [0.5, 0.6) is 0 Å². The number of nitrogens with one attached hydrogen (secondary N) is 1. The Morgan fingerprint density at radius 2 is 1.89 bits per heavy atom. The van der Waals surface area contributed by atoms with Crippen molar-refractivity contribution in [1.82, 2.24) is 14.5 Å². The summed E-state index contributed by atoms with van der Waals surface area (Å²) in [7, 11) is -0.626. The fourth-order valence-corrected chi connectivity index (χ4v) is 5.02. The predicted molar refractivity (Wildman–Crippen MR) is 101 cm³/mol. The van der Waals surface area contributed by atoms with Crippen molar-refractivity contribution in [2.45, 2.75) is 49.6 Å². The number of likely N-dealkylation sites (tertiary alicyclic amines) is 1. The SMILES string of the molecule is CN(C)S(=O)(=O)c1ccccc1CNC(=O)[C@H]1CC(=O)N(C2CCCC2)C1. The maximum absolute atomic E-state index is 12.6. The van der Waals surface area contributed by atoms with Gasteiger partial charge in [0.05, 0.1) is 10.8 Å². The molecule has 0 radical (unpaired) electrons. The van der Waals surface area contributed by atoms with Gasteiger partial charge in [0.1, 0.15) is 0 Å². The van der Waals surface area contributed by atoms with E-state index >= 15 is 0 Å². The summed E-state index contributed by atoms with van der Waals surface area (Å²) in [5.74, 6) is -0.505. The molecule has 2 amide bonds. The first-order valence-corrected chi connectivity index (χ1v) is 10.8. The van der Waals surface area contributed by atoms with Crippen LogP contribution < -0.4 is 5.32 Å². The third-order valence-corrected chi connectivity index (χ3v) is 7.39. The van der Waals surface area contributed by atoms with Gasteiger partial charge in [-0.1, -0.05) is 31.0 Å². The monoisotopic (exact) mass is 393 g/mol. The van der Waals surface area contributed by atoms with Gasteiger partial charge in [-0.2, -0.15) is 0 Å². The molecule has 3 rings (SSSR count). The summed E-state index contributed by atoms with van der Waals surface area (Å²) >= 11 is 0. The van der Waals surface area contributed by atoms with Crippen LogP contribution in [0.3, 0.4) is 0 Å². The first-order valence-electron chi connectivity index (χ1n) is 9.38. The van der Waals surface area contributed by atoms with E-state index in [1.807, 2.05) is 4.90 Å². The molecule has 1 aromatic carbocycles. The molecule has 27 heavy (non-hydrogen) atoms. The van der Waals surface area contributed by atoms with Crippen LogP contribution in [-0.2, 0) is 26.2 Å². The topological polar surface area (TPSA) is 86.8 Å². The molecule has 2 aliphatic rings. The first kappa shape index (κ1) is 19.8. The van der Waals surface area contributed by atoms with E-state index in [4.69, 9.17) is 0 Å². The van der Waals surface area contributed by atoms with E-state index in [0.717, 1.165) is 30.0 Å². The number of carbonyl (C=O) groups excluding carboxylic acids is 2. The lowest BCUT2D eigenvalue weighted by Gasteiger charge is -2.24. The molecular formula is C19H27N3O4S. The van der Waals surface area contributed by atoms with Crippen molar-refractivity contribution in [3.63, 3.8) is 0 Å². The number of amides is 2. The fraction of sp³-hybridized carbons (Fsp3) is 0.579. The second kappa shape index (κ2) is 7.98. The average Bonchev–Trinajstić information content (AvgIpc) is 3.29. The Kier molecular flexibility index (Phi) is 5.86. The minimum atomic E-state index is -3.58. The Morgan fingerprint density at radius 3 is 2.56 bits per heavy atom. The van der Waals surface area contributed by atoms with Crippen molar-refractivity contribution in [3.8, 4) is 0 Å². The summed E-state index contributed by atoms with van der Waals surface area (Å²) in [6.07, 6.45) is 4.57. The zero-order valence-corrected chi connectivity index (χ0v) is 16.7. The highest BCUT2D eigenvalue weighted by molar-refractivity contribution is 7.89. The van der Waals surface area contributed by atoms with Gasteiger partial charge >= 0.3 is 0 Å². The molecule has 8 heteroatoms. The third-order valence-electron chi connectivity index (χ3n) is 5.48. The van der Waals surface area contributed by atoms with E-state index in [-0.39, 0.29) is 41.6 Å². The summed E-state index contributed by atoms with van der Waals surface area (Å²) in [6, 6.07) is 6.92. The molecule has 1 atom stereocenters. The lowest BCUT2D eigenvalue weighted by Crippen LogP contribution is -2.37. The highest BCUT2D eigenvalue weighted by Gasteiger charge is 2.38. The lowest BCUT2D eigenvalue weighted by atomic mass is 10.1. The predicted octanol–water partition coefficient (Wildman–Crippen LogP) is 1.34. The Labute approximate surface area is 160 Å². The summed E-state index contributed by atoms with van der Waals surface area (Å²) in [6.45, 7) is 0.586. The molecule has 7 nitrogen and oxygen atoms in total. The van der Waals surface area contributed by atoms with E-state index < -0.39 is 10.0 Å². The Balaban J connectivity index is 1.64. The van der Waals surface area contributed by atoms with E-state index in [0.29, 0.717) is 12.1 Å². The Hall–Kier alpha value is -1.93. The number of benzene rings is 1. The second-order valence-electron chi connectivity index (χ2n) is 7.50. The number of sulfonamides is 1. The molecule has 1 aliphatic heterocycles. The first-order chi connectivity index (χ1) is 12.8. The number of hydrogen-bond acceptors (Lipinski definition) is 4. The second-order valence-corrected chi connectivity index (χ2v) is 9.62. The number of hydrogen-bond donors (Lipinski definition) is 1. The van der Waals surface area contributed by atoms with Crippen molar-refractivity contribution < 1.29 is 18.0 Å². The fourth-order valence-electron chi connectivity index (χ4n) is 3.90. The molecule has 0 bridgehead atoms. The van der Waals surface area contributed by atoms with Crippen LogP contribution in [0.1, 0.15) is 37.7 Å². The molecule has 148 valence electrons. The van der Waals surface area contributed by atoms with Crippen LogP contribution in [0.15, 0.2) is 29.2 Å². The Morgan fingerprint density at radius 1 is 1.22 bits per heavy atom. The average molecular weight is 394 g/mol. The van der Waals surface area contributed by atoms with Crippen molar-refractivity contribution in [1.29, 1.82) is 0 Å². The van der Waals surface area contributed by atoms with E-state index in [9.17, 15) is 18.0 Å². The van der Waals surface area contributed by atoms with Crippen molar-refractivity contribution in [2.75, 3.05) is 20.6 Å². The van der Waals surface area contributed by atoms with Gasteiger partial charge in [0.15, 0.2) is 0 Å². The van der Waals surface area contributed by atoms with Gasteiger partial charge in [-0.25, -0.2) is 12.7 Å². The summed E-state index contributed by atoms with van der Waals surface area (Å²) in [5.41, 5.74) is 0.538. The largest absolute Gasteiger partial charge is 0.352 e. The maximum Gasteiger partial charge on any atom is 0.242 e. The maximum atomic E-state index is 12.6. The van der Waals surface area contributed by atoms with Gasteiger partial charge < -0.3 is 10.2 Å². The quantitative estimate of drug-likeness (QED) is 0.790. The minimum Gasteiger partial charge on any atom is -0.352 e. The van der Waals surface area contributed by atoms with Gasteiger partial charge in [0, 0.05) is 39.6 Å². The van der Waals surface area contributed by atoms with Gasteiger partial charge in [0.25, 0.3) is 0 Å². The van der Waals surface area contributed by atoms with Crippen LogP contribution in [-0.4, -0.2) is 56.1 Å². The molecule has 1 aromatic rings. The van der Waals surface area contributed by atoms with Crippen molar-refractivity contribution in [2.24, 2.45) is 5.92 Å². The molecule has 1 saturated carbocycles. The van der Waals surface area contributed by atoms with E-state index in [1.54, 1.807) is 18.2 Å². The van der Waals surface area contributed by atoms with Gasteiger partial charge in [0.2, 0.25) is 21.8 Å². The molecule has 1 heterocycles. The lowest BCUT2D eigenvalue weighted by molar-refractivity contribution is -0.130. The number of rotatable bonds is 6. The third kappa shape index (κ3) is 4.16. The zero-order valence-electron chi connectivity index (χ0n) is 15.8. The summed E-state index contributed by atoms with van der Waals surface area (Å²) < 4.78 is 26.1. The van der Waals surface area contributed by atoms with Gasteiger partial charge in [-0.05, 0) is 24.5 Å². The molecule has 1 aliphatic carbocycles. The molecule has 2 fully saturated rings. The van der Waals surface area contributed by atoms with Gasteiger partial charge in [-0.15, -0.1) is 0 Å². The van der Waals surface area contributed by atoms with Crippen molar-refractivity contribution in [3.05, 3.63) is 29.8 Å². The van der Waals surface area contributed by atoms with Crippen LogP contribution in [0.4, 0.5) is 0 Å². The smallest absolute Gasteiger partial charge is 0.242 e. The molecular weight excluding hydrogens is 366 g/mol. The van der Waals surface area contributed by atoms with Crippen molar-refractivity contribution >= 4 is 21.8 Å². The summed E-state index contributed by atoms with van der Waals surface area (Å²) in [5, 5.41) is 2.82. The van der Waals surface area contributed by atoms with Crippen LogP contribution in [0.25, 0.3) is 0 Å². The summed E-state index contributed by atoms with van der Waals surface area (Å²) in [4.78, 5) is 26.9. The van der Waals surface area contributed by atoms with Crippen LogP contribution >= 0.6 is 0 Å². The molecule has 1 saturated heterocycles. The van der Waals surface area contributed by atoms with Crippen LogP contribution in [0.2, 0.25) is 0 Å².